The van der Waals surface area contributed by atoms with Crippen LogP contribution in [0.1, 0.15) is 44.6 Å². The lowest BCUT2D eigenvalue weighted by atomic mass is 9.90. The number of hydrogen-bond acceptors (Lipinski definition) is 9. The third kappa shape index (κ3) is 3.95. The standard InChI is InChI=1S/C18H23N3O4S2/c1-5-18(4)7-10-11(8-25-18)26-15-12(10)14(19)20-17(21-15)27-13(9(3)22)16(23)24-6-2/h13H,5-8H2,1-4H3,(H2,19,20,21)/t13-,18-/m1/s1. The van der Waals surface area contributed by atoms with Crippen LogP contribution in [-0.2, 0) is 32.1 Å². The molecule has 0 saturated carbocycles. The molecule has 0 unspecified atom stereocenters. The number of fused-ring (bicyclic) bond motifs is 3. The summed E-state index contributed by atoms with van der Waals surface area (Å²) in [5.74, 6) is -0.528. The number of carbonyl (C=O) groups is 2. The van der Waals surface area contributed by atoms with Crippen LogP contribution in [0.2, 0.25) is 0 Å². The fourth-order valence-corrected chi connectivity index (χ4v) is 4.98. The van der Waals surface area contributed by atoms with E-state index in [-0.39, 0.29) is 18.0 Å². The quantitative estimate of drug-likeness (QED) is 0.336. The normalized spacial score (nSPS) is 20.3. The van der Waals surface area contributed by atoms with E-state index >= 15 is 0 Å². The van der Waals surface area contributed by atoms with E-state index in [1.807, 2.05) is 0 Å². The molecule has 0 fully saturated rings. The van der Waals surface area contributed by atoms with Gasteiger partial charge in [0.15, 0.2) is 16.2 Å². The second-order valence-corrected chi connectivity index (χ2v) is 8.86. The van der Waals surface area contributed by atoms with Crippen molar-refractivity contribution in [2.24, 2.45) is 0 Å². The van der Waals surface area contributed by atoms with Crippen LogP contribution in [0.15, 0.2) is 5.16 Å². The summed E-state index contributed by atoms with van der Waals surface area (Å²) in [7, 11) is 0. The summed E-state index contributed by atoms with van der Waals surface area (Å²) in [4.78, 5) is 34.7. The number of hydrogen-bond donors (Lipinski definition) is 1. The van der Waals surface area contributed by atoms with Crippen molar-refractivity contribution in [3.8, 4) is 0 Å². The van der Waals surface area contributed by atoms with Crippen molar-refractivity contribution in [2.75, 3.05) is 12.3 Å². The summed E-state index contributed by atoms with van der Waals surface area (Å²) >= 11 is 2.50. The SMILES string of the molecule is CCOC(=O)[C@H](Sc1nc(N)c2c3c(sc2n1)CO[C@](C)(CC)C3)C(C)=O. The highest BCUT2D eigenvalue weighted by molar-refractivity contribution is 8.01. The van der Waals surface area contributed by atoms with E-state index in [2.05, 4.69) is 23.8 Å². The number of nitrogens with two attached hydrogens (primary N) is 1. The molecule has 0 aliphatic carbocycles. The van der Waals surface area contributed by atoms with Gasteiger partial charge in [0.25, 0.3) is 0 Å². The first-order valence-corrected chi connectivity index (χ1v) is 10.5. The molecular weight excluding hydrogens is 386 g/mol. The van der Waals surface area contributed by atoms with Crippen LogP contribution in [0.5, 0.6) is 0 Å². The molecule has 2 N–H and O–H groups in total. The first-order chi connectivity index (χ1) is 12.8. The number of nitrogen functional groups attached to an aromatic ring is 1. The van der Waals surface area contributed by atoms with Gasteiger partial charge in [-0.2, -0.15) is 0 Å². The monoisotopic (exact) mass is 409 g/mol. The van der Waals surface area contributed by atoms with Gasteiger partial charge in [-0.1, -0.05) is 18.7 Å². The number of rotatable bonds is 6. The smallest absolute Gasteiger partial charge is 0.327 e. The molecule has 2 aromatic rings. The highest BCUT2D eigenvalue weighted by Crippen LogP contribution is 2.42. The predicted molar refractivity (Wildman–Crippen MR) is 106 cm³/mol. The van der Waals surface area contributed by atoms with E-state index in [9.17, 15) is 9.59 Å². The van der Waals surface area contributed by atoms with Crippen LogP contribution in [0.4, 0.5) is 5.82 Å². The van der Waals surface area contributed by atoms with Crippen molar-refractivity contribution in [3.05, 3.63) is 10.4 Å². The number of Topliss-reactive ketones (excluding diaryl/α,β-unsaturated/α-hetero) is 1. The Balaban J connectivity index is 1.96. The topological polar surface area (TPSA) is 104 Å². The zero-order valence-corrected chi connectivity index (χ0v) is 17.5. The van der Waals surface area contributed by atoms with Gasteiger partial charge < -0.3 is 15.2 Å². The number of nitrogens with zero attached hydrogens (tertiary/aromatic N) is 2. The van der Waals surface area contributed by atoms with Gasteiger partial charge in [-0.3, -0.25) is 9.59 Å². The number of ether oxygens (including phenoxy) is 2. The van der Waals surface area contributed by atoms with Crippen LogP contribution in [0, 0.1) is 0 Å². The fraction of sp³-hybridized carbons (Fsp3) is 0.556. The minimum Gasteiger partial charge on any atom is -0.465 e. The summed E-state index contributed by atoms with van der Waals surface area (Å²) < 4.78 is 11.0. The zero-order chi connectivity index (χ0) is 19.8. The number of anilines is 1. The molecule has 9 heteroatoms. The largest absolute Gasteiger partial charge is 0.465 e. The highest BCUT2D eigenvalue weighted by Gasteiger charge is 2.33. The Morgan fingerprint density at radius 1 is 1.41 bits per heavy atom. The molecule has 0 aromatic carbocycles. The number of carbonyl (C=O) groups excluding carboxylic acids is 2. The van der Waals surface area contributed by atoms with Crippen molar-refractivity contribution in [1.29, 1.82) is 0 Å². The summed E-state index contributed by atoms with van der Waals surface area (Å²) in [6.45, 7) is 7.98. The molecule has 1 aliphatic heterocycles. The van der Waals surface area contributed by atoms with Crippen LogP contribution < -0.4 is 5.73 Å². The molecule has 0 spiro atoms. The van der Waals surface area contributed by atoms with Crippen LogP contribution >= 0.6 is 23.1 Å². The number of ketones is 1. The molecular formula is C18H23N3O4S2. The van der Waals surface area contributed by atoms with Crippen molar-refractivity contribution in [1.82, 2.24) is 9.97 Å². The van der Waals surface area contributed by atoms with E-state index < -0.39 is 11.2 Å². The zero-order valence-electron chi connectivity index (χ0n) is 15.8. The maximum Gasteiger partial charge on any atom is 0.327 e. The fourth-order valence-electron chi connectivity index (χ4n) is 2.98. The Kier molecular flexibility index (Phi) is 5.73. The number of aromatic nitrogens is 2. The lowest BCUT2D eigenvalue weighted by molar-refractivity contribution is -0.144. The van der Waals surface area contributed by atoms with E-state index in [1.54, 1.807) is 6.92 Å². The summed E-state index contributed by atoms with van der Waals surface area (Å²) in [6, 6.07) is 0. The van der Waals surface area contributed by atoms with Gasteiger partial charge in [0.1, 0.15) is 10.6 Å². The first-order valence-electron chi connectivity index (χ1n) is 8.83. The van der Waals surface area contributed by atoms with Crippen molar-refractivity contribution >= 4 is 50.9 Å². The molecule has 3 heterocycles. The molecule has 7 nitrogen and oxygen atoms in total. The Morgan fingerprint density at radius 2 is 2.15 bits per heavy atom. The maximum atomic E-state index is 12.0. The van der Waals surface area contributed by atoms with Crippen LogP contribution in [0.25, 0.3) is 10.2 Å². The first kappa shape index (κ1) is 20.0. The van der Waals surface area contributed by atoms with Gasteiger partial charge in [-0.15, -0.1) is 11.3 Å². The lowest BCUT2D eigenvalue weighted by Gasteiger charge is -2.33. The van der Waals surface area contributed by atoms with Crippen LogP contribution in [0.3, 0.4) is 0 Å². The maximum absolute atomic E-state index is 12.0. The Labute approximate surface area is 166 Å². The molecule has 0 radical (unpaired) electrons. The van der Waals surface area contributed by atoms with Gasteiger partial charge in [-0.25, -0.2) is 9.97 Å². The van der Waals surface area contributed by atoms with Gasteiger partial charge in [0, 0.05) is 11.3 Å². The van der Waals surface area contributed by atoms with Gasteiger partial charge in [0.2, 0.25) is 0 Å². The van der Waals surface area contributed by atoms with Gasteiger partial charge >= 0.3 is 5.97 Å². The second-order valence-electron chi connectivity index (χ2n) is 6.70. The molecule has 3 rings (SSSR count). The number of thioether (sulfide) groups is 1. The Hall–Kier alpha value is -1.71. The minimum absolute atomic E-state index is 0.207. The van der Waals surface area contributed by atoms with Crippen molar-refractivity contribution in [3.63, 3.8) is 0 Å². The minimum atomic E-state index is -0.997. The number of thiophene rings is 1. The van der Waals surface area contributed by atoms with Gasteiger partial charge in [0.05, 0.1) is 24.2 Å². The van der Waals surface area contributed by atoms with E-state index in [0.717, 1.165) is 45.3 Å². The number of esters is 1. The summed E-state index contributed by atoms with van der Waals surface area (Å²) in [5, 5.41) is 0.159. The average molecular weight is 410 g/mol. The van der Waals surface area contributed by atoms with E-state index in [1.165, 1.54) is 18.3 Å². The molecule has 146 valence electrons. The van der Waals surface area contributed by atoms with Crippen molar-refractivity contribution < 1.29 is 19.1 Å². The second kappa shape index (κ2) is 7.73. The predicted octanol–water partition coefficient (Wildman–Crippen LogP) is 3.13. The molecule has 0 bridgehead atoms. The molecule has 0 saturated heterocycles. The van der Waals surface area contributed by atoms with E-state index in [4.69, 9.17) is 15.2 Å². The molecule has 2 atom stereocenters. The summed E-state index contributed by atoms with van der Waals surface area (Å²) in [5.41, 5.74) is 7.17. The highest BCUT2D eigenvalue weighted by atomic mass is 32.2. The molecule has 27 heavy (non-hydrogen) atoms. The third-order valence-electron chi connectivity index (χ3n) is 4.69. The van der Waals surface area contributed by atoms with Gasteiger partial charge in [-0.05, 0) is 32.8 Å². The summed E-state index contributed by atoms with van der Waals surface area (Å²) in [6.07, 6.45) is 1.66. The molecule has 2 aromatic heterocycles. The lowest BCUT2D eigenvalue weighted by Crippen LogP contribution is -2.33. The van der Waals surface area contributed by atoms with Crippen molar-refractivity contribution in [2.45, 2.75) is 63.2 Å². The van der Waals surface area contributed by atoms with E-state index in [0.29, 0.717) is 17.6 Å². The third-order valence-corrected chi connectivity index (χ3v) is 6.94. The molecule has 0 amide bonds. The average Bonchev–Trinajstić information content (AvgIpc) is 2.97. The van der Waals surface area contributed by atoms with Crippen LogP contribution in [-0.4, -0.2) is 39.2 Å². The Bertz CT molecular complexity index is 898. The molecule has 1 aliphatic rings. The Morgan fingerprint density at radius 3 is 2.78 bits per heavy atom.